The van der Waals surface area contributed by atoms with Crippen molar-refractivity contribution in [3.05, 3.63) is 28.2 Å². The predicted molar refractivity (Wildman–Crippen MR) is 71.8 cm³/mol. The number of rotatable bonds is 6. The van der Waals surface area contributed by atoms with Crippen LogP contribution in [-0.4, -0.2) is 41.2 Å². The summed E-state index contributed by atoms with van der Waals surface area (Å²) in [5.41, 5.74) is 0.189. The number of aliphatic carboxylic acids is 2. The molecular formula is C12H12BrNO6. The maximum atomic E-state index is 11.9. The molecule has 3 N–H and O–H groups in total. The molecule has 0 spiro atoms. The van der Waals surface area contributed by atoms with E-state index < -0.39 is 30.3 Å². The largest absolute Gasteiger partial charge is 0.496 e. The Hall–Kier alpha value is -2.09. The van der Waals surface area contributed by atoms with E-state index in [0.29, 0.717) is 10.2 Å². The topological polar surface area (TPSA) is 113 Å². The molecule has 0 aliphatic heterocycles. The summed E-state index contributed by atoms with van der Waals surface area (Å²) in [6, 6.07) is 2.94. The molecule has 1 aromatic rings. The second-order valence-electron chi connectivity index (χ2n) is 3.81. The summed E-state index contributed by atoms with van der Waals surface area (Å²) in [4.78, 5) is 33.3. The van der Waals surface area contributed by atoms with Crippen LogP contribution in [0.3, 0.4) is 0 Å². The zero-order valence-electron chi connectivity index (χ0n) is 10.4. The van der Waals surface area contributed by atoms with Gasteiger partial charge in [0.2, 0.25) is 0 Å². The van der Waals surface area contributed by atoms with Gasteiger partial charge in [-0.1, -0.05) is 0 Å². The molecule has 108 valence electrons. The molecule has 0 heterocycles. The van der Waals surface area contributed by atoms with Gasteiger partial charge in [-0.2, -0.15) is 0 Å². The van der Waals surface area contributed by atoms with Crippen molar-refractivity contribution in [1.29, 1.82) is 0 Å². The second-order valence-corrected chi connectivity index (χ2v) is 4.67. The van der Waals surface area contributed by atoms with Crippen LogP contribution in [0.5, 0.6) is 5.75 Å². The first kappa shape index (κ1) is 16.0. The molecule has 0 saturated heterocycles. The standard InChI is InChI=1S/C12H12BrNO6/c1-20-9-3-2-6(4-7(9)13)11(17)14-8(12(18)19)5-10(15)16/h2-4,8H,5H2,1H3,(H,14,17)(H,15,16)(H,18,19)/t8-/m0/s1. The van der Waals surface area contributed by atoms with E-state index in [1.165, 1.54) is 25.3 Å². The molecule has 0 unspecified atom stereocenters. The van der Waals surface area contributed by atoms with E-state index in [9.17, 15) is 14.4 Å². The quantitative estimate of drug-likeness (QED) is 0.711. The Morgan fingerprint density at radius 2 is 2.00 bits per heavy atom. The lowest BCUT2D eigenvalue weighted by Gasteiger charge is -2.13. The molecule has 0 aliphatic carbocycles. The summed E-state index contributed by atoms with van der Waals surface area (Å²) in [5, 5.41) is 19.6. The van der Waals surface area contributed by atoms with Crippen molar-refractivity contribution in [2.45, 2.75) is 12.5 Å². The highest BCUT2D eigenvalue weighted by atomic mass is 79.9. The SMILES string of the molecule is COc1ccc(C(=O)N[C@@H](CC(=O)O)C(=O)O)cc1Br. The summed E-state index contributed by atoms with van der Waals surface area (Å²) in [6.45, 7) is 0. The first-order valence-corrected chi connectivity index (χ1v) is 6.23. The van der Waals surface area contributed by atoms with E-state index in [4.69, 9.17) is 14.9 Å². The molecule has 1 aromatic carbocycles. The lowest BCUT2D eigenvalue weighted by molar-refractivity contribution is -0.145. The van der Waals surface area contributed by atoms with Gasteiger partial charge in [-0.3, -0.25) is 9.59 Å². The number of nitrogens with one attached hydrogen (secondary N) is 1. The maximum absolute atomic E-state index is 11.9. The number of halogens is 1. The van der Waals surface area contributed by atoms with Crippen molar-refractivity contribution in [1.82, 2.24) is 5.32 Å². The van der Waals surface area contributed by atoms with Gasteiger partial charge in [0.05, 0.1) is 18.0 Å². The average molecular weight is 346 g/mol. The van der Waals surface area contributed by atoms with Crippen LogP contribution in [0.15, 0.2) is 22.7 Å². The zero-order valence-corrected chi connectivity index (χ0v) is 12.0. The lowest BCUT2D eigenvalue weighted by Crippen LogP contribution is -2.42. The van der Waals surface area contributed by atoms with Crippen molar-refractivity contribution in [3.8, 4) is 5.75 Å². The van der Waals surface area contributed by atoms with Gasteiger partial charge < -0.3 is 20.3 Å². The normalized spacial score (nSPS) is 11.5. The number of carbonyl (C=O) groups excluding carboxylic acids is 1. The van der Waals surface area contributed by atoms with Crippen LogP contribution >= 0.6 is 15.9 Å². The molecule has 1 amide bonds. The van der Waals surface area contributed by atoms with Gasteiger partial charge in [0, 0.05) is 5.56 Å². The van der Waals surface area contributed by atoms with Crippen molar-refractivity contribution in [3.63, 3.8) is 0 Å². The highest BCUT2D eigenvalue weighted by molar-refractivity contribution is 9.10. The van der Waals surface area contributed by atoms with Gasteiger partial charge in [-0.15, -0.1) is 0 Å². The van der Waals surface area contributed by atoms with Crippen molar-refractivity contribution >= 4 is 33.8 Å². The summed E-state index contributed by atoms with van der Waals surface area (Å²) >= 11 is 3.20. The molecule has 20 heavy (non-hydrogen) atoms. The van der Waals surface area contributed by atoms with Gasteiger partial charge in [-0.05, 0) is 34.1 Å². The number of hydrogen-bond acceptors (Lipinski definition) is 4. The summed E-state index contributed by atoms with van der Waals surface area (Å²) in [5.74, 6) is -2.88. The third-order valence-electron chi connectivity index (χ3n) is 2.40. The number of carbonyl (C=O) groups is 3. The Bertz CT molecular complexity index is 545. The van der Waals surface area contributed by atoms with E-state index in [2.05, 4.69) is 21.2 Å². The van der Waals surface area contributed by atoms with Crippen molar-refractivity contribution < 1.29 is 29.3 Å². The van der Waals surface area contributed by atoms with Crippen LogP contribution in [0.25, 0.3) is 0 Å². The maximum Gasteiger partial charge on any atom is 0.326 e. The van der Waals surface area contributed by atoms with Gasteiger partial charge >= 0.3 is 11.9 Å². The number of carboxylic acid groups (broad SMARTS) is 2. The molecule has 0 aromatic heterocycles. The predicted octanol–water partition coefficient (Wildman–Crippen LogP) is 1.12. The summed E-state index contributed by atoms with van der Waals surface area (Å²) < 4.78 is 5.53. The first-order chi connectivity index (χ1) is 9.35. The average Bonchev–Trinajstić information content (AvgIpc) is 2.37. The number of benzene rings is 1. The van der Waals surface area contributed by atoms with Gasteiger partial charge in [0.15, 0.2) is 0 Å². The van der Waals surface area contributed by atoms with Gasteiger partial charge in [0.25, 0.3) is 5.91 Å². The Morgan fingerprint density at radius 1 is 1.35 bits per heavy atom. The van der Waals surface area contributed by atoms with Crippen molar-refractivity contribution in [2.75, 3.05) is 7.11 Å². The molecule has 1 rings (SSSR count). The van der Waals surface area contributed by atoms with Crippen LogP contribution in [-0.2, 0) is 9.59 Å². The summed E-state index contributed by atoms with van der Waals surface area (Å²) in [6.07, 6.45) is -0.696. The highest BCUT2D eigenvalue weighted by Crippen LogP contribution is 2.25. The Balaban J connectivity index is 2.86. The third-order valence-corrected chi connectivity index (χ3v) is 3.02. The fourth-order valence-corrected chi connectivity index (χ4v) is 1.96. The molecule has 0 aliphatic rings. The molecule has 7 nitrogen and oxygen atoms in total. The zero-order chi connectivity index (χ0) is 15.3. The summed E-state index contributed by atoms with van der Waals surface area (Å²) in [7, 11) is 1.47. The van der Waals surface area contributed by atoms with Crippen LogP contribution in [0.4, 0.5) is 0 Å². The number of carboxylic acids is 2. The molecule has 1 atom stereocenters. The number of ether oxygens (including phenoxy) is 1. The van der Waals surface area contributed by atoms with Crippen LogP contribution < -0.4 is 10.1 Å². The fraction of sp³-hybridized carbons (Fsp3) is 0.250. The number of amides is 1. The minimum Gasteiger partial charge on any atom is -0.496 e. The molecule has 0 saturated carbocycles. The molecule has 8 heteroatoms. The molecular weight excluding hydrogens is 334 g/mol. The van der Waals surface area contributed by atoms with E-state index in [0.717, 1.165) is 0 Å². The van der Waals surface area contributed by atoms with Gasteiger partial charge in [0.1, 0.15) is 11.8 Å². The Labute approximate surface area is 122 Å². The van der Waals surface area contributed by atoms with Crippen LogP contribution in [0, 0.1) is 0 Å². The second kappa shape index (κ2) is 6.90. The molecule has 0 bridgehead atoms. The Kier molecular flexibility index (Phi) is 5.51. The number of methoxy groups -OCH3 is 1. The van der Waals surface area contributed by atoms with Crippen molar-refractivity contribution in [2.24, 2.45) is 0 Å². The number of hydrogen-bond donors (Lipinski definition) is 3. The monoisotopic (exact) mass is 345 g/mol. The fourth-order valence-electron chi connectivity index (χ4n) is 1.42. The third kappa shape index (κ3) is 4.23. The highest BCUT2D eigenvalue weighted by Gasteiger charge is 2.23. The Morgan fingerprint density at radius 3 is 2.45 bits per heavy atom. The first-order valence-electron chi connectivity index (χ1n) is 5.44. The van der Waals surface area contributed by atoms with E-state index in [-0.39, 0.29) is 5.56 Å². The molecule has 0 fully saturated rings. The van der Waals surface area contributed by atoms with E-state index in [1.807, 2.05) is 0 Å². The van der Waals surface area contributed by atoms with Crippen LogP contribution in [0.2, 0.25) is 0 Å². The van der Waals surface area contributed by atoms with Crippen LogP contribution in [0.1, 0.15) is 16.8 Å². The lowest BCUT2D eigenvalue weighted by atomic mass is 10.1. The smallest absolute Gasteiger partial charge is 0.326 e. The van der Waals surface area contributed by atoms with E-state index in [1.54, 1.807) is 0 Å². The minimum absolute atomic E-state index is 0.189. The minimum atomic E-state index is -1.49. The van der Waals surface area contributed by atoms with Gasteiger partial charge in [-0.25, -0.2) is 4.79 Å². The van der Waals surface area contributed by atoms with E-state index >= 15 is 0 Å². The molecule has 0 radical (unpaired) electrons.